The summed E-state index contributed by atoms with van der Waals surface area (Å²) in [6.45, 7) is 4.38. The molecule has 1 aliphatic heterocycles. The molecule has 3 aromatic carbocycles. The van der Waals surface area contributed by atoms with E-state index < -0.39 is 0 Å². The predicted octanol–water partition coefficient (Wildman–Crippen LogP) is 5.97. The van der Waals surface area contributed by atoms with E-state index in [1.54, 1.807) is 31.5 Å². The van der Waals surface area contributed by atoms with Crippen LogP contribution in [0.5, 0.6) is 0 Å². The van der Waals surface area contributed by atoms with Crippen LogP contribution in [-0.4, -0.2) is 53.1 Å². The summed E-state index contributed by atoms with van der Waals surface area (Å²) in [5.41, 5.74) is 6.01. The molecule has 42 heavy (non-hydrogen) atoms. The standard InChI is InChI=1S/C33H30N6O3/c1-22(40)20-23-2-7-27(8-3-23)35-33(41)36-28-9-4-25(5-10-28)31-37-30-21-26(24-12-14-34-15-13-24)6-11-29(30)32(38-31)39-16-18-42-19-17-39/h2-15,21H,16-20H2,1H3,(H2,35,36,41). The molecule has 0 spiro atoms. The monoisotopic (exact) mass is 558 g/mol. The highest BCUT2D eigenvalue weighted by atomic mass is 16.5. The number of benzene rings is 3. The zero-order valence-corrected chi connectivity index (χ0v) is 23.2. The number of amides is 2. The average Bonchev–Trinajstić information content (AvgIpc) is 3.02. The Balaban J connectivity index is 1.24. The van der Waals surface area contributed by atoms with Gasteiger partial charge in [0.2, 0.25) is 0 Å². The summed E-state index contributed by atoms with van der Waals surface area (Å²) < 4.78 is 5.58. The summed E-state index contributed by atoms with van der Waals surface area (Å²) in [7, 11) is 0. The van der Waals surface area contributed by atoms with Crippen molar-refractivity contribution in [1.29, 1.82) is 0 Å². The van der Waals surface area contributed by atoms with E-state index >= 15 is 0 Å². The molecule has 0 aliphatic carbocycles. The summed E-state index contributed by atoms with van der Waals surface area (Å²) >= 11 is 0. The third kappa shape index (κ3) is 6.26. The molecule has 2 N–H and O–H groups in total. The number of hydrogen-bond donors (Lipinski definition) is 2. The molecule has 0 unspecified atom stereocenters. The number of rotatable bonds is 7. The van der Waals surface area contributed by atoms with Crippen LogP contribution < -0.4 is 15.5 Å². The maximum atomic E-state index is 12.6. The molecular weight excluding hydrogens is 528 g/mol. The highest BCUT2D eigenvalue weighted by Gasteiger charge is 2.19. The number of hydrogen-bond acceptors (Lipinski definition) is 7. The molecule has 210 valence electrons. The number of carbonyl (C=O) groups is 2. The molecule has 9 heteroatoms. The number of Topliss-reactive ketones (excluding diaryl/α,β-unsaturated/α-hetero) is 1. The lowest BCUT2D eigenvalue weighted by Gasteiger charge is -2.29. The predicted molar refractivity (Wildman–Crippen MR) is 165 cm³/mol. The van der Waals surface area contributed by atoms with E-state index in [1.165, 1.54) is 0 Å². The Hall–Kier alpha value is -5.15. The highest BCUT2D eigenvalue weighted by molar-refractivity contribution is 6.00. The number of fused-ring (bicyclic) bond motifs is 1. The Morgan fingerprint density at radius 3 is 2.10 bits per heavy atom. The second-order valence-corrected chi connectivity index (χ2v) is 10.2. The number of nitrogens with one attached hydrogen (secondary N) is 2. The molecule has 1 fully saturated rings. The maximum Gasteiger partial charge on any atom is 0.323 e. The zero-order chi connectivity index (χ0) is 28.9. The van der Waals surface area contributed by atoms with Gasteiger partial charge in [-0.05, 0) is 84.3 Å². The molecule has 2 aromatic heterocycles. The number of carbonyl (C=O) groups excluding carboxylic acids is 2. The molecule has 6 rings (SSSR count). The number of aromatic nitrogens is 3. The lowest BCUT2D eigenvalue weighted by molar-refractivity contribution is -0.116. The molecule has 1 saturated heterocycles. The van der Waals surface area contributed by atoms with Crippen molar-refractivity contribution in [2.24, 2.45) is 0 Å². The van der Waals surface area contributed by atoms with Gasteiger partial charge in [-0.25, -0.2) is 14.8 Å². The van der Waals surface area contributed by atoms with Gasteiger partial charge in [-0.3, -0.25) is 9.78 Å². The van der Waals surface area contributed by atoms with Crippen molar-refractivity contribution in [2.45, 2.75) is 13.3 Å². The molecule has 9 nitrogen and oxygen atoms in total. The van der Waals surface area contributed by atoms with E-state index in [9.17, 15) is 9.59 Å². The van der Waals surface area contributed by atoms with Crippen LogP contribution in [0.15, 0.2) is 91.3 Å². The van der Waals surface area contributed by atoms with Gasteiger partial charge in [-0.2, -0.15) is 0 Å². The van der Waals surface area contributed by atoms with Crippen LogP contribution in [0.25, 0.3) is 33.4 Å². The Morgan fingerprint density at radius 2 is 1.43 bits per heavy atom. The van der Waals surface area contributed by atoms with Crippen molar-refractivity contribution in [3.63, 3.8) is 0 Å². The van der Waals surface area contributed by atoms with Crippen molar-refractivity contribution in [2.75, 3.05) is 41.8 Å². The van der Waals surface area contributed by atoms with Gasteiger partial charge >= 0.3 is 6.03 Å². The van der Waals surface area contributed by atoms with Crippen LogP contribution in [0.1, 0.15) is 12.5 Å². The fourth-order valence-electron chi connectivity index (χ4n) is 4.97. The fourth-order valence-corrected chi connectivity index (χ4v) is 4.97. The summed E-state index contributed by atoms with van der Waals surface area (Å²) in [5, 5.41) is 6.67. The lowest BCUT2D eigenvalue weighted by Crippen LogP contribution is -2.37. The first-order chi connectivity index (χ1) is 20.5. The minimum absolute atomic E-state index is 0.0954. The highest BCUT2D eigenvalue weighted by Crippen LogP contribution is 2.32. The van der Waals surface area contributed by atoms with Crippen LogP contribution >= 0.6 is 0 Å². The minimum atomic E-state index is -0.359. The number of nitrogens with zero attached hydrogens (tertiary/aromatic N) is 4. The lowest BCUT2D eigenvalue weighted by atomic mass is 10.0. The van der Waals surface area contributed by atoms with Crippen LogP contribution in [-0.2, 0) is 16.0 Å². The topological polar surface area (TPSA) is 109 Å². The van der Waals surface area contributed by atoms with Gasteiger partial charge in [0.15, 0.2) is 5.82 Å². The largest absolute Gasteiger partial charge is 0.378 e. The molecular formula is C33H30N6O3. The van der Waals surface area contributed by atoms with Gasteiger partial charge in [-0.1, -0.05) is 18.2 Å². The Kier molecular flexibility index (Phi) is 7.83. The summed E-state index contributed by atoms with van der Waals surface area (Å²) in [4.78, 5) is 40.2. The van der Waals surface area contributed by atoms with Crippen LogP contribution in [0.4, 0.5) is 22.0 Å². The molecule has 0 radical (unpaired) electrons. The Bertz CT molecular complexity index is 1720. The van der Waals surface area contributed by atoms with Gasteiger partial charge in [0.05, 0.1) is 18.7 Å². The number of morpholine rings is 1. The van der Waals surface area contributed by atoms with Crippen LogP contribution in [0.3, 0.4) is 0 Å². The third-order valence-corrected chi connectivity index (χ3v) is 7.07. The molecule has 0 saturated carbocycles. The zero-order valence-electron chi connectivity index (χ0n) is 23.2. The van der Waals surface area contributed by atoms with Gasteiger partial charge in [0.25, 0.3) is 0 Å². The van der Waals surface area contributed by atoms with Gasteiger partial charge < -0.3 is 20.3 Å². The Labute approximate surface area is 243 Å². The number of ether oxygens (including phenoxy) is 1. The van der Waals surface area contributed by atoms with E-state index in [1.807, 2.05) is 48.5 Å². The molecule has 0 atom stereocenters. The second kappa shape index (κ2) is 12.2. The van der Waals surface area contributed by atoms with Crippen LogP contribution in [0.2, 0.25) is 0 Å². The Morgan fingerprint density at radius 1 is 0.786 bits per heavy atom. The van der Waals surface area contributed by atoms with Crippen molar-refractivity contribution >= 4 is 39.9 Å². The second-order valence-electron chi connectivity index (χ2n) is 10.2. The van der Waals surface area contributed by atoms with Gasteiger partial charge in [0.1, 0.15) is 11.6 Å². The molecule has 3 heterocycles. The summed E-state index contributed by atoms with van der Waals surface area (Å²) in [6, 6.07) is 24.6. The third-order valence-electron chi connectivity index (χ3n) is 7.07. The quantitative estimate of drug-likeness (QED) is 0.253. The number of pyridine rings is 1. The van der Waals surface area contributed by atoms with Gasteiger partial charge in [-0.15, -0.1) is 0 Å². The van der Waals surface area contributed by atoms with Crippen molar-refractivity contribution in [3.8, 4) is 22.5 Å². The molecule has 0 bridgehead atoms. The first kappa shape index (κ1) is 27.0. The number of urea groups is 1. The first-order valence-electron chi connectivity index (χ1n) is 13.8. The smallest absolute Gasteiger partial charge is 0.323 e. The van der Waals surface area contributed by atoms with Gasteiger partial charge in [0, 0.05) is 54.2 Å². The van der Waals surface area contributed by atoms with E-state index in [0.29, 0.717) is 36.8 Å². The number of ketones is 1. The first-order valence-corrected chi connectivity index (χ1v) is 13.8. The number of anilines is 3. The average molecular weight is 559 g/mol. The van der Waals surface area contributed by atoms with E-state index in [4.69, 9.17) is 14.7 Å². The maximum absolute atomic E-state index is 12.6. The van der Waals surface area contributed by atoms with Crippen molar-refractivity contribution < 1.29 is 14.3 Å². The van der Waals surface area contributed by atoms with Crippen LogP contribution in [0, 0.1) is 0 Å². The minimum Gasteiger partial charge on any atom is -0.378 e. The summed E-state index contributed by atoms with van der Waals surface area (Å²) in [6.07, 6.45) is 3.94. The normalized spacial score (nSPS) is 13.1. The van der Waals surface area contributed by atoms with E-state index in [2.05, 4.69) is 38.7 Å². The van der Waals surface area contributed by atoms with E-state index in [-0.39, 0.29) is 11.8 Å². The SMILES string of the molecule is CC(=O)Cc1ccc(NC(=O)Nc2ccc(-c3nc(N4CCOCC4)c4ccc(-c5ccncc5)cc4n3)cc2)cc1. The molecule has 1 aliphatic rings. The molecule has 5 aromatic rings. The van der Waals surface area contributed by atoms with Crippen molar-refractivity contribution in [3.05, 3.63) is 96.8 Å². The fraction of sp³-hybridized carbons (Fsp3) is 0.182. The van der Waals surface area contributed by atoms with E-state index in [0.717, 1.165) is 52.1 Å². The molecule has 2 amide bonds. The summed E-state index contributed by atoms with van der Waals surface area (Å²) in [5.74, 6) is 1.59. The van der Waals surface area contributed by atoms with Crippen molar-refractivity contribution in [1.82, 2.24) is 15.0 Å².